The largest absolute Gasteiger partial charge is 0.290 e. The lowest BCUT2D eigenvalue weighted by Crippen LogP contribution is -2.19. The molecule has 4 aromatic heterocycles. The van der Waals surface area contributed by atoms with E-state index in [2.05, 4.69) is 9.97 Å². The first-order chi connectivity index (χ1) is 12.0. The van der Waals surface area contributed by atoms with Crippen molar-refractivity contribution in [3.8, 4) is 0 Å². The van der Waals surface area contributed by atoms with E-state index < -0.39 is 0 Å². The molecule has 0 bridgehead atoms. The Morgan fingerprint density at radius 3 is 2.92 bits per heavy atom. The van der Waals surface area contributed by atoms with E-state index in [0.29, 0.717) is 32.5 Å². The van der Waals surface area contributed by atoms with Crippen molar-refractivity contribution in [1.29, 1.82) is 0 Å². The summed E-state index contributed by atoms with van der Waals surface area (Å²) in [6.45, 7) is 1.93. The lowest BCUT2D eigenvalue weighted by molar-refractivity contribution is 0.727. The highest BCUT2D eigenvalue weighted by Crippen LogP contribution is 2.22. The van der Waals surface area contributed by atoms with Gasteiger partial charge >= 0.3 is 0 Å². The van der Waals surface area contributed by atoms with Gasteiger partial charge in [-0.15, -0.1) is 11.3 Å². The van der Waals surface area contributed by atoms with Crippen LogP contribution in [0.1, 0.15) is 11.3 Å². The fourth-order valence-electron chi connectivity index (χ4n) is 2.62. The van der Waals surface area contributed by atoms with E-state index in [1.807, 2.05) is 30.5 Å². The van der Waals surface area contributed by atoms with Crippen LogP contribution in [-0.2, 0) is 12.8 Å². The second-order valence-corrected chi connectivity index (χ2v) is 7.51. The maximum atomic E-state index is 12.3. The first-order valence-corrected chi connectivity index (χ1v) is 9.46. The minimum atomic E-state index is -0.112. The Morgan fingerprint density at radius 1 is 1.24 bits per heavy atom. The van der Waals surface area contributed by atoms with Gasteiger partial charge in [0.15, 0.2) is 5.16 Å². The van der Waals surface area contributed by atoms with Gasteiger partial charge in [-0.05, 0) is 30.0 Å². The number of pyridine rings is 1. The Labute approximate surface area is 150 Å². The van der Waals surface area contributed by atoms with Crippen molar-refractivity contribution in [2.45, 2.75) is 17.8 Å². The van der Waals surface area contributed by atoms with Crippen LogP contribution in [0.5, 0.6) is 0 Å². The fourth-order valence-corrected chi connectivity index (χ4v) is 4.29. The third-order valence-corrected chi connectivity index (χ3v) is 5.89. The van der Waals surface area contributed by atoms with Gasteiger partial charge in [-0.2, -0.15) is 0 Å². The van der Waals surface area contributed by atoms with Crippen LogP contribution in [0.2, 0.25) is 0 Å². The molecule has 0 aliphatic rings. The van der Waals surface area contributed by atoms with Crippen LogP contribution >= 0.6 is 23.1 Å². The Bertz CT molecular complexity index is 1220. The number of aromatic nitrogens is 4. The average Bonchev–Trinajstić information content (AvgIpc) is 3.06. The van der Waals surface area contributed by atoms with Crippen LogP contribution < -0.4 is 11.1 Å². The third kappa shape index (κ3) is 2.77. The normalized spacial score (nSPS) is 11.4. The zero-order chi connectivity index (χ0) is 17.6. The van der Waals surface area contributed by atoms with E-state index in [1.165, 1.54) is 33.6 Å². The Kier molecular flexibility index (Phi) is 3.93. The minimum Gasteiger partial charge on any atom is -0.290 e. The maximum Gasteiger partial charge on any atom is 0.271 e. The summed E-state index contributed by atoms with van der Waals surface area (Å²) in [7, 11) is 1.71. The highest BCUT2D eigenvalue weighted by molar-refractivity contribution is 7.98. The third-order valence-electron chi connectivity index (χ3n) is 3.93. The second kappa shape index (κ2) is 6.12. The van der Waals surface area contributed by atoms with Gasteiger partial charge in [0, 0.05) is 25.1 Å². The standard InChI is InChI=1S/C17H14N4O2S2/c1-10-4-3-6-21-13(22)8-11(18-15(10)21)9-25-17-19-12-5-7-24-14(12)16(23)20(17)2/h3-8H,9H2,1-2H3. The van der Waals surface area contributed by atoms with E-state index in [4.69, 9.17) is 0 Å². The number of thioether (sulfide) groups is 1. The second-order valence-electron chi connectivity index (χ2n) is 5.65. The van der Waals surface area contributed by atoms with Gasteiger partial charge in [-0.25, -0.2) is 9.97 Å². The number of nitrogens with zero attached hydrogens (tertiary/aromatic N) is 4. The molecule has 4 heterocycles. The average molecular weight is 370 g/mol. The van der Waals surface area contributed by atoms with Gasteiger partial charge in [-0.3, -0.25) is 18.6 Å². The molecule has 126 valence electrons. The molecule has 4 aromatic rings. The molecule has 0 unspecified atom stereocenters. The van der Waals surface area contributed by atoms with Gasteiger partial charge in [0.2, 0.25) is 0 Å². The molecule has 0 saturated carbocycles. The SMILES string of the molecule is Cc1cccn2c(=O)cc(CSc3nc4ccsc4c(=O)n3C)nc12. The summed E-state index contributed by atoms with van der Waals surface area (Å²) < 4.78 is 3.74. The monoisotopic (exact) mass is 370 g/mol. The summed E-state index contributed by atoms with van der Waals surface area (Å²) in [5, 5.41) is 2.48. The number of rotatable bonds is 3. The van der Waals surface area contributed by atoms with Gasteiger partial charge in [0.05, 0.1) is 11.2 Å². The van der Waals surface area contributed by atoms with Crippen LogP contribution in [0.15, 0.2) is 50.6 Å². The lowest BCUT2D eigenvalue weighted by atomic mass is 10.3. The van der Waals surface area contributed by atoms with Crippen molar-refractivity contribution >= 4 is 39.0 Å². The molecule has 0 radical (unpaired) electrons. The first-order valence-electron chi connectivity index (χ1n) is 7.59. The molecule has 0 aromatic carbocycles. The molecule has 0 saturated heterocycles. The van der Waals surface area contributed by atoms with Gasteiger partial charge in [-0.1, -0.05) is 17.8 Å². The molecule has 0 spiro atoms. The van der Waals surface area contributed by atoms with E-state index in [0.717, 1.165) is 5.56 Å². The summed E-state index contributed by atoms with van der Waals surface area (Å²) in [6.07, 6.45) is 1.71. The summed E-state index contributed by atoms with van der Waals surface area (Å²) in [5.41, 5.74) is 2.81. The predicted molar refractivity (Wildman–Crippen MR) is 101 cm³/mol. The van der Waals surface area contributed by atoms with E-state index in [-0.39, 0.29) is 11.1 Å². The van der Waals surface area contributed by atoms with Crippen LogP contribution in [0.4, 0.5) is 0 Å². The van der Waals surface area contributed by atoms with Crippen LogP contribution in [0.25, 0.3) is 15.9 Å². The van der Waals surface area contributed by atoms with Gasteiger partial charge in [0.1, 0.15) is 10.3 Å². The topological polar surface area (TPSA) is 69.3 Å². The number of thiophene rings is 1. The Morgan fingerprint density at radius 2 is 2.08 bits per heavy atom. The highest BCUT2D eigenvalue weighted by atomic mass is 32.2. The van der Waals surface area contributed by atoms with E-state index in [1.54, 1.807) is 17.8 Å². The molecule has 0 fully saturated rings. The van der Waals surface area contributed by atoms with Crippen LogP contribution in [0.3, 0.4) is 0 Å². The molecule has 8 heteroatoms. The van der Waals surface area contributed by atoms with E-state index in [9.17, 15) is 9.59 Å². The maximum absolute atomic E-state index is 12.3. The summed E-state index contributed by atoms with van der Waals surface area (Å²) >= 11 is 2.80. The number of hydrogen-bond donors (Lipinski definition) is 0. The van der Waals surface area contributed by atoms with Crippen molar-refractivity contribution < 1.29 is 0 Å². The minimum absolute atomic E-state index is 0.0510. The predicted octanol–water partition coefficient (Wildman–Crippen LogP) is 2.60. The van der Waals surface area contributed by atoms with Gasteiger partial charge < -0.3 is 0 Å². The number of aryl methyl sites for hydroxylation is 1. The first kappa shape index (κ1) is 16.0. The van der Waals surface area contributed by atoms with Crippen molar-refractivity contribution in [1.82, 2.24) is 18.9 Å². The van der Waals surface area contributed by atoms with Gasteiger partial charge in [0.25, 0.3) is 11.1 Å². The summed E-state index contributed by atoms with van der Waals surface area (Å²) in [4.78, 5) is 33.7. The highest BCUT2D eigenvalue weighted by Gasteiger charge is 2.11. The van der Waals surface area contributed by atoms with Crippen LogP contribution in [0, 0.1) is 6.92 Å². The molecular formula is C17H14N4O2S2. The smallest absolute Gasteiger partial charge is 0.271 e. The molecule has 0 N–H and O–H groups in total. The van der Waals surface area contributed by atoms with Crippen molar-refractivity contribution in [3.05, 3.63) is 67.8 Å². The summed E-state index contributed by atoms with van der Waals surface area (Å²) in [6, 6.07) is 7.13. The Balaban J connectivity index is 1.71. The quantitative estimate of drug-likeness (QED) is 0.410. The molecular weight excluding hydrogens is 356 g/mol. The number of fused-ring (bicyclic) bond motifs is 2. The van der Waals surface area contributed by atoms with Crippen molar-refractivity contribution in [2.75, 3.05) is 0 Å². The molecule has 0 atom stereocenters. The van der Waals surface area contributed by atoms with Crippen LogP contribution in [-0.4, -0.2) is 18.9 Å². The molecule has 0 aliphatic carbocycles. The van der Waals surface area contributed by atoms with E-state index >= 15 is 0 Å². The molecule has 6 nitrogen and oxygen atoms in total. The summed E-state index contributed by atoms with van der Waals surface area (Å²) in [5.74, 6) is 0.468. The number of hydrogen-bond acceptors (Lipinski definition) is 6. The molecule has 0 amide bonds. The fraction of sp³-hybridized carbons (Fsp3) is 0.176. The molecule has 25 heavy (non-hydrogen) atoms. The lowest BCUT2D eigenvalue weighted by Gasteiger charge is -2.08. The Hall–Kier alpha value is -2.45. The van der Waals surface area contributed by atoms with Crippen molar-refractivity contribution in [3.63, 3.8) is 0 Å². The van der Waals surface area contributed by atoms with Crippen molar-refractivity contribution in [2.24, 2.45) is 7.05 Å². The zero-order valence-electron chi connectivity index (χ0n) is 13.6. The molecule has 0 aliphatic heterocycles. The molecule has 4 rings (SSSR count). The zero-order valence-corrected chi connectivity index (χ0v) is 15.2.